The van der Waals surface area contributed by atoms with E-state index in [1.165, 1.54) is 12.3 Å². The normalized spacial score (nSPS) is 11.7. The Morgan fingerprint density at radius 3 is 2.55 bits per heavy atom. The number of alkyl halides is 3. The molecular formula is C14H10F4O2. The molecule has 0 atom stereocenters. The number of halogens is 4. The predicted molar refractivity (Wildman–Crippen MR) is 62.9 cm³/mol. The van der Waals surface area contributed by atoms with Crippen molar-refractivity contribution < 1.29 is 26.8 Å². The van der Waals surface area contributed by atoms with Gasteiger partial charge in [-0.05, 0) is 24.3 Å². The van der Waals surface area contributed by atoms with Gasteiger partial charge in [0.25, 0.3) is 0 Å². The smallest absolute Gasteiger partial charge is 0.419 e. The molecule has 0 radical (unpaired) electrons. The second-order valence-electron chi connectivity index (χ2n) is 4.13. The molecule has 0 spiro atoms. The predicted octanol–water partition coefficient (Wildman–Crippen LogP) is 4.23. The Bertz CT molecular complexity index is 641. The maximum absolute atomic E-state index is 13.2. The SMILES string of the molecule is CCc1occc1C(=O)c1ccc(F)c(C(F)(F)F)c1. The number of ketones is 1. The van der Waals surface area contributed by atoms with Gasteiger partial charge in [-0.15, -0.1) is 0 Å². The number of furan rings is 1. The zero-order chi connectivity index (χ0) is 14.9. The topological polar surface area (TPSA) is 30.2 Å². The summed E-state index contributed by atoms with van der Waals surface area (Å²) in [5, 5.41) is 0. The van der Waals surface area contributed by atoms with Gasteiger partial charge in [0.2, 0.25) is 0 Å². The van der Waals surface area contributed by atoms with Gasteiger partial charge in [0.15, 0.2) is 5.78 Å². The van der Waals surface area contributed by atoms with Crippen molar-refractivity contribution in [2.75, 3.05) is 0 Å². The van der Waals surface area contributed by atoms with Gasteiger partial charge in [-0.25, -0.2) is 4.39 Å². The van der Waals surface area contributed by atoms with E-state index < -0.39 is 23.3 Å². The van der Waals surface area contributed by atoms with Crippen LogP contribution in [0.15, 0.2) is 34.9 Å². The Balaban J connectivity index is 2.46. The number of hydrogen-bond donors (Lipinski definition) is 0. The first-order valence-electron chi connectivity index (χ1n) is 5.82. The van der Waals surface area contributed by atoms with Gasteiger partial charge in [-0.2, -0.15) is 13.2 Å². The molecule has 1 aromatic carbocycles. The van der Waals surface area contributed by atoms with Gasteiger partial charge >= 0.3 is 6.18 Å². The summed E-state index contributed by atoms with van der Waals surface area (Å²) in [5.41, 5.74) is -1.49. The number of aryl methyl sites for hydroxylation is 1. The molecule has 0 saturated carbocycles. The van der Waals surface area contributed by atoms with E-state index in [1.54, 1.807) is 6.92 Å². The van der Waals surface area contributed by atoms with E-state index in [1.807, 2.05) is 0 Å². The van der Waals surface area contributed by atoms with Crippen LogP contribution in [0.5, 0.6) is 0 Å². The van der Waals surface area contributed by atoms with Crippen LogP contribution in [0.2, 0.25) is 0 Å². The van der Waals surface area contributed by atoms with Crippen LogP contribution in [0.3, 0.4) is 0 Å². The maximum atomic E-state index is 13.2. The molecule has 0 saturated heterocycles. The fourth-order valence-corrected chi connectivity index (χ4v) is 1.86. The lowest BCUT2D eigenvalue weighted by molar-refractivity contribution is -0.140. The minimum absolute atomic E-state index is 0.187. The highest BCUT2D eigenvalue weighted by molar-refractivity contribution is 6.09. The highest BCUT2D eigenvalue weighted by atomic mass is 19.4. The van der Waals surface area contributed by atoms with Gasteiger partial charge in [0.05, 0.1) is 17.4 Å². The van der Waals surface area contributed by atoms with Crippen LogP contribution >= 0.6 is 0 Å². The van der Waals surface area contributed by atoms with E-state index in [-0.39, 0.29) is 11.1 Å². The molecule has 0 aliphatic rings. The summed E-state index contributed by atoms with van der Waals surface area (Å²) < 4.78 is 56.1. The van der Waals surface area contributed by atoms with Gasteiger partial charge in [0.1, 0.15) is 11.6 Å². The van der Waals surface area contributed by atoms with Gasteiger partial charge in [-0.3, -0.25) is 4.79 Å². The van der Waals surface area contributed by atoms with Crippen LogP contribution in [-0.4, -0.2) is 5.78 Å². The van der Waals surface area contributed by atoms with Crippen molar-refractivity contribution in [3.8, 4) is 0 Å². The average Bonchev–Trinajstić information content (AvgIpc) is 2.85. The number of benzene rings is 1. The largest absolute Gasteiger partial charge is 0.469 e. The Labute approximate surface area is 112 Å². The Morgan fingerprint density at radius 2 is 1.95 bits per heavy atom. The van der Waals surface area contributed by atoms with Crippen LogP contribution < -0.4 is 0 Å². The molecule has 0 amide bonds. The maximum Gasteiger partial charge on any atom is 0.419 e. The molecule has 20 heavy (non-hydrogen) atoms. The Hall–Kier alpha value is -2.11. The molecule has 0 aliphatic heterocycles. The molecule has 2 rings (SSSR count). The third-order valence-corrected chi connectivity index (χ3v) is 2.85. The van der Waals surface area contributed by atoms with Crippen molar-refractivity contribution in [3.05, 3.63) is 58.8 Å². The van der Waals surface area contributed by atoms with Gasteiger partial charge in [0, 0.05) is 12.0 Å². The van der Waals surface area contributed by atoms with E-state index in [9.17, 15) is 22.4 Å². The van der Waals surface area contributed by atoms with E-state index in [0.717, 1.165) is 6.07 Å². The number of carbonyl (C=O) groups excluding carboxylic acids is 1. The molecule has 0 unspecified atom stereocenters. The van der Waals surface area contributed by atoms with E-state index in [2.05, 4.69) is 0 Å². The fraction of sp³-hybridized carbons (Fsp3) is 0.214. The van der Waals surface area contributed by atoms with Crippen LogP contribution in [0.1, 0.15) is 34.2 Å². The minimum atomic E-state index is -4.84. The highest BCUT2D eigenvalue weighted by Gasteiger charge is 2.34. The lowest BCUT2D eigenvalue weighted by Crippen LogP contribution is -2.11. The lowest BCUT2D eigenvalue weighted by Gasteiger charge is -2.09. The summed E-state index contributed by atoms with van der Waals surface area (Å²) in [7, 11) is 0. The second-order valence-corrected chi connectivity index (χ2v) is 4.13. The van der Waals surface area contributed by atoms with Crippen molar-refractivity contribution in [3.63, 3.8) is 0 Å². The number of hydrogen-bond acceptors (Lipinski definition) is 2. The average molecular weight is 286 g/mol. The molecule has 0 bridgehead atoms. The Kier molecular flexibility index (Phi) is 3.65. The molecular weight excluding hydrogens is 276 g/mol. The van der Waals surface area contributed by atoms with Crippen LogP contribution in [0.25, 0.3) is 0 Å². The molecule has 2 aromatic rings. The van der Waals surface area contributed by atoms with Gasteiger partial charge in [-0.1, -0.05) is 6.92 Å². The van der Waals surface area contributed by atoms with Crippen molar-refractivity contribution in [1.29, 1.82) is 0 Å². The molecule has 0 aliphatic carbocycles. The van der Waals surface area contributed by atoms with E-state index >= 15 is 0 Å². The van der Waals surface area contributed by atoms with E-state index in [0.29, 0.717) is 24.3 Å². The van der Waals surface area contributed by atoms with Crippen molar-refractivity contribution in [2.24, 2.45) is 0 Å². The van der Waals surface area contributed by atoms with E-state index in [4.69, 9.17) is 4.42 Å². The minimum Gasteiger partial charge on any atom is -0.469 e. The first-order valence-corrected chi connectivity index (χ1v) is 5.82. The molecule has 6 heteroatoms. The summed E-state index contributed by atoms with van der Waals surface area (Å²) in [6.07, 6.45) is -3.12. The molecule has 1 aromatic heterocycles. The molecule has 106 valence electrons. The lowest BCUT2D eigenvalue weighted by atomic mass is 10.0. The summed E-state index contributed by atoms with van der Waals surface area (Å²) >= 11 is 0. The number of rotatable bonds is 3. The van der Waals surface area contributed by atoms with Crippen molar-refractivity contribution in [1.82, 2.24) is 0 Å². The second kappa shape index (κ2) is 5.11. The molecule has 2 nitrogen and oxygen atoms in total. The zero-order valence-corrected chi connectivity index (χ0v) is 10.4. The Morgan fingerprint density at radius 1 is 1.25 bits per heavy atom. The zero-order valence-electron chi connectivity index (χ0n) is 10.4. The summed E-state index contributed by atoms with van der Waals surface area (Å²) in [5.74, 6) is -1.65. The summed E-state index contributed by atoms with van der Waals surface area (Å²) in [6, 6.07) is 3.57. The molecule has 1 heterocycles. The van der Waals surface area contributed by atoms with Crippen LogP contribution in [-0.2, 0) is 12.6 Å². The molecule has 0 N–H and O–H groups in total. The van der Waals surface area contributed by atoms with Crippen molar-refractivity contribution >= 4 is 5.78 Å². The standard InChI is InChI=1S/C14H10F4O2/c1-2-12-9(5-6-20-12)13(19)8-3-4-11(15)10(7-8)14(16,17)18/h3-7H,2H2,1H3. The quantitative estimate of drug-likeness (QED) is 0.624. The number of carbonyl (C=O) groups is 1. The van der Waals surface area contributed by atoms with Crippen LogP contribution in [0.4, 0.5) is 17.6 Å². The first-order chi connectivity index (χ1) is 9.34. The summed E-state index contributed by atoms with van der Waals surface area (Å²) in [6.45, 7) is 1.75. The summed E-state index contributed by atoms with van der Waals surface area (Å²) in [4.78, 5) is 12.1. The first kappa shape index (κ1) is 14.3. The fourth-order valence-electron chi connectivity index (χ4n) is 1.86. The van der Waals surface area contributed by atoms with Gasteiger partial charge < -0.3 is 4.42 Å². The van der Waals surface area contributed by atoms with Crippen molar-refractivity contribution in [2.45, 2.75) is 19.5 Å². The highest BCUT2D eigenvalue weighted by Crippen LogP contribution is 2.32. The monoisotopic (exact) mass is 286 g/mol. The third kappa shape index (κ3) is 2.59. The van der Waals surface area contributed by atoms with Crippen LogP contribution in [0, 0.1) is 5.82 Å². The third-order valence-electron chi connectivity index (χ3n) is 2.85. The molecule has 0 fully saturated rings.